The van der Waals surface area contributed by atoms with Gasteiger partial charge in [-0.25, -0.2) is 0 Å². The lowest BCUT2D eigenvalue weighted by Crippen LogP contribution is -2.29. The molecule has 0 saturated carbocycles. The largest absolute Gasteiger partial charge is 0.492 e. The van der Waals surface area contributed by atoms with Crippen LogP contribution in [-0.2, 0) is 6.54 Å². The summed E-state index contributed by atoms with van der Waals surface area (Å²) >= 11 is 9.30. The van der Waals surface area contributed by atoms with Crippen molar-refractivity contribution in [3.63, 3.8) is 0 Å². The van der Waals surface area contributed by atoms with Gasteiger partial charge in [-0.1, -0.05) is 46.3 Å². The molecule has 4 heteroatoms. The Morgan fingerprint density at radius 3 is 2.33 bits per heavy atom. The Morgan fingerprint density at radius 1 is 0.952 bits per heavy atom. The topological polar surface area (TPSA) is 12.5 Å². The number of halogens is 2. The van der Waals surface area contributed by atoms with Gasteiger partial charge in [0, 0.05) is 30.0 Å². The van der Waals surface area contributed by atoms with Gasteiger partial charge < -0.3 is 4.74 Å². The number of hydrogen-bond acceptors (Lipinski definition) is 2. The first-order chi connectivity index (χ1) is 10.3. The SMILES string of the molecule is ClCCN(CCOc1ccc(Br)cc1)Cc1ccccc1. The molecule has 0 unspecified atom stereocenters. The van der Waals surface area contributed by atoms with Crippen LogP contribution in [0.1, 0.15) is 5.56 Å². The maximum atomic E-state index is 5.89. The third kappa shape index (κ3) is 6.08. The average Bonchev–Trinajstić information content (AvgIpc) is 2.50. The molecule has 0 bridgehead atoms. The number of rotatable bonds is 8. The van der Waals surface area contributed by atoms with Crippen LogP contribution in [0.3, 0.4) is 0 Å². The Hall–Kier alpha value is -1.03. The molecule has 0 radical (unpaired) electrons. The zero-order chi connectivity index (χ0) is 14.9. The molecule has 0 amide bonds. The maximum absolute atomic E-state index is 5.89. The van der Waals surface area contributed by atoms with E-state index in [4.69, 9.17) is 16.3 Å². The smallest absolute Gasteiger partial charge is 0.119 e. The van der Waals surface area contributed by atoms with E-state index >= 15 is 0 Å². The van der Waals surface area contributed by atoms with Gasteiger partial charge in [-0.3, -0.25) is 4.90 Å². The van der Waals surface area contributed by atoms with Gasteiger partial charge in [-0.15, -0.1) is 11.6 Å². The normalized spacial score (nSPS) is 10.8. The van der Waals surface area contributed by atoms with Crippen LogP contribution in [-0.4, -0.2) is 30.5 Å². The lowest BCUT2D eigenvalue weighted by Gasteiger charge is -2.21. The van der Waals surface area contributed by atoms with E-state index in [9.17, 15) is 0 Å². The predicted octanol–water partition coefficient (Wildman–Crippen LogP) is 4.57. The molecule has 2 aromatic rings. The van der Waals surface area contributed by atoms with Crippen LogP contribution >= 0.6 is 27.5 Å². The second-order valence-electron chi connectivity index (χ2n) is 4.75. The molecular weight excluding hydrogens is 350 g/mol. The highest BCUT2D eigenvalue weighted by molar-refractivity contribution is 9.10. The standard InChI is InChI=1S/C17H19BrClNO/c18-16-6-8-17(9-7-16)21-13-12-20(11-10-19)14-15-4-2-1-3-5-15/h1-9H,10-14H2. The predicted molar refractivity (Wildman–Crippen MR) is 92.1 cm³/mol. The Kier molecular flexibility index (Phi) is 7.07. The van der Waals surface area contributed by atoms with Gasteiger partial charge in [0.15, 0.2) is 0 Å². The Balaban J connectivity index is 1.81. The first kappa shape index (κ1) is 16.3. The van der Waals surface area contributed by atoms with Gasteiger partial charge in [0.25, 0.3) is 0 Å². The molecule has 0 aliphatic rings. The molecular formula is C17H19BrClNO. The lowest BCUT2D eigenvalue weighted by atomic mass is 10.2. The third-order valence-electron chi connectivity index (χ3n) is 3.14. The summed E-state index contributed by atoms with van der Waals surface area (Å²) in [6.07, 6.45) is 0. The Bertz CT molecular complexity index is 518. The lowest BCUT2D eigenvalue weighted by molar-refractivity contribution is 0.211. The van der Waals surface area contributed by atoms with Crippen molar-refractivity contribution in [2.75, 3.05) is 25.6 Å². The van der Waals surface area contributed by atoms with Crippen molar-refractivity contribution >= 4 is 27.5 Å². The molecule has 0 atom stereocenters. The molecule has 0 aromatic heterocycles. The molecule has 21 heavy (non-hydrogen) atoms. The minimum atomic E-state index is 0.630. The summed E-state index contributed by atoms with van der Waals surface area (Å²) in [5, 5.41) is 0. The van der Waals surface area contributed by atoms with E-state index in [1.54, 1.807) is 0 Å². The van der Waals surface area contributed by atoms with Gasteiger partial charge >= 0.3 is 0 Å². The fraction of sp³-hybridized carbons (Fsp3) is 0.294. The molecule has 2 rings (SSSR count). The molecule has 0 saturated heterocycles. The molecule has 0 heterocycles. The van der Waals surface area contributed by atoms with E-state index in [-0.39, 0.29) is 0 Å². The number of nitrogens with zero attached hydrogens (tertiary/aromatic N) is 1. The van der Waals surface area contributed by atoms with Gasteiger partial charge in [0.1, 0.15) is 12.4 Å². The highest BCUT2D eigenvalue weighted by Crippen LogP contribution is 2.16. The van der Waals surface area contributed by atoms with Crippen molar-refractivity contribution in [1.29, 1.82) is 0 Å². The molecule has 0 aliphatic heterocycles. The summed E-state index contributed by atoms with van der Waals surface area (Å²) in [4.78, 5) is 2.31. The van der Waals surface area contributed by atoms with Crippen molar-refractivity contribution in [3.05, 3.63) is 64.6 Å². The van der Waals surface area contributed by atoms with Crippen LogP contribution in [0.2, 0.25) is 0 Å². The van der Waals surface area contributed by atoms with Crippen LogP contribution in [0.4, 0.5) is 0 Å². The molecule has 0 spiro atoms. The summed E-state index contributed by atoms with van der Waals surface area (Å²) in [6.45, 7) is 3.28. The number of hydrogen-bond donors (Lipinski definition) is 0. The second-order valence-corrected chi connectivity index (χ2v) is 6.05. The summed E-state index contributed by atoms with van der Waals surface area (Å²) in [5.74, 6) is 1.52. The Labute approximate surface area is 139 Å². The van der Waals surface area contributed by atoms with Crippen LogP contribution in [0.25, 0.3) is 0 Å². The van der Waals surface area contributed by atoms with E-state index in [0.29, 0.717) is 12.5 Å². The zero-order valence-corrected chi connectivity index (χ0v) is 14.2. The number of benzene rings is 2. The first-order valence-corrected chi connectivity index (χ1v) is 8.31. The third-order valence-corrected chi connectivity index (χ3v) is 3.84. The minimum Gasteiger partial charge on any atom is -0.492 e. The van der Waals surface area contributed by atoms with E-state index in [1.807, 2.05) is 30.3 Å². The minimum absolute atomic E-state index is 0.630. The summed E-state index contributed by atoms with van der Waals surface area (Å²) in [6, 6.07) is 18.3. The molecule has 0 aliphatic carbocycles. The van der Waals surface area contributed by atoms with Crippen LogP contribution in [0, 0.1) is 0 Å². The summed E-state index contributed by atoms with van der Waals surface area (Å²) < 4.78 is 6.83. The average molecular weight is 369 g/mol. The number of alkyl halides is 1. The molecule has 0 N–H and O–H groups in total. The van der Waals surface area contributed by atoms with Crippen molar-refractivity contribution in [3.8, 4) is 5.75 Å². The van der Waals surface area contributed by atoms with E-state index < -0.39 is 0 Å². The summed E-state index contributed by atoms with van der Waals surface area (Å²) in [5.41, 5.74) is 1.30. The van der Waals surface area contributed by atoms with E-state index in [1.165, 1.54) is 5.56 Å². The molecule has 2 aromatic carbocycles. The molecule has 2 nitrogen and oxygen atoms in total. The first-order valence-electron chi connectivity index (χ1n) is 6.98. The van der Waals surface area contributed by atoms with Crippen molar-refractivity contribution in [1.82, 2.24) is 4.90 Å². The van der Waals surface area contributed by atoms with Gasteiger partial charge in [-0.2, -0.15) is 0 Å². The maximum Gasteiger partial charge on any atom is 0.119 e. The highest BCUT2D eigenvalue weighted by Gasteiger charge is 2.05. The summed E-state index contributed by atoms with van der Waals surface area (Å²) in [7, 11) is 0. The molecule has 0 fully saturated rings. The number of ether oxygens (including phenoxy) is 1. The Morgan fingerprint density at radius 2 is 1.67 bits per heavy atom. The quantitative estimate of drug-likeness (QED) is 0.633. The second kappa shape index (κ2) is 9.08. The van der Waals surface area contributed by atoms with E-state index in [0.717, 1.165) is 29.9 Å². The van der Waals surface area contributed by atoms with Crippen molar-refractivity contribution < 1.29 is 4.74 Å². The van der Waals surface area contributed by atoms with Gasteiger partial charge in [0.05, 0.1) is 0 Å². The zero-order valence-electron chi connectivity index (χ0n) is 11.8. The van der Waals surface area contributed by atoms with Gasteiger partial charge in [-0.05, 0) is 29.8 Å². The van der Waals surface area contributed by atoms with Crippen molar-refractivity contribution in [2.24, 2.45) is 0 Å². The van der Waals surface area contributed by atoms with Crippen molar-refractivity contribution in [2.45, 2.75) is 6.54 Å². The van der Waals surface area contributed by atoms with Gasteiger partial charge in [0.2, 0.25) is 0 Å². The van der Waals surface area contributed by atoms with Crippen LogP contribution < -0.4 is 4.74 Å². The molecule has 112 valence electrons. The van der Waals surface area contributed by atoms with Crippen LogP contribution in [0.15, 0.2) is 59.1 Å². The highest BCUT2D eigenvalue weighted by atomic mass is 79.9. The monoisotopic (exact) mass is 367 g/mol. The fourth-order valence-electron chi connectivity index (χ4n) is 2.05. The fourth-order valence-corrected chi connectivity index (χ4v) is 2.56. The van der Waals surface area contributed by atoms with Crippen LogP contribution in [0.5, 0.6) is 5.75 Å². The van der Waals surface area contributed by atoms with E-state index in [2.05, 4.69) is 45.1 Å².